The molecule has 2 rings (SSSR count). The average Bonchev–Trinajstić information content (AvgIpc) is 2.35. The quantitative estimate of drug-likeness (QED) is 0.816. The summed E-state index contributed by atoms with van der Waals surface area (Å²) in [5, 5.41) is 12.1. The summed E-state index contributed by atoms with van der Waals surface area (Å²) in [6.45, 7) is 1.95. The fourth-order valence-electron chi connectivity index (χ4n) is 1.60. The van der Waals surface area contributed by atoms with Gasteiger partial charge in [-0.05, 0) is 59.3 Å². The molecule has 2 nitrogen and oxygen atoms in total. The van der Waals surface area contributed by atoms with Crippen molar-refractivity contribution in [3.63, 3.8) is 0 Å². The van der Waals surface area contributed by atoms with Crippen LogP contribution in [0.5, 0.6) is 0 Å². The van der Waals surface area contributed by atoms with Crippen LogP contribution < -0.4 is 5.32 Å². The molecule has 0 unspecified atom stereocenters. The third-order valence-electron chi connectivity index (χ3n) is 2.52. The van der Waals surface area contributed by atoms with Crippen molar-refractivity contribution in [2.45, 2.75) is 6.92 Å². The first-order valence-corrected chi connectivity index (χ1v) is 6.41. The predicted octanol–water partition coefficient (Wildman–Crippen LogP) is 4.35. The molecule has 0 amide bonds. The zero-order chi connectivity index (χ0) is 13.1. The predicted molar refractivity (Wildman–Crippen MR) is 78.3 cm³/mol. The van der Waals surface area contributed by atoms with Gasteiger partial charge in [-0.25, -0.2) is 4.39 Å². The van der Waals surface area contributed by atoms with Gasteiger partial charge in [-0.1, -0.05) is 12.1 Å². The molecule has 0 aliphatic rings. The number of nitrogens with zero attached hydrogens (tertiary/aromatic N) is 1. The van der Waals surface area contributed by atoms with Crippen LogP contribution in [0.4, 0.5) is 15.8 Å². The number of halogens is 2. The second-order valence-corrected chi connectivity index (χ2v) is 4.97. The molecule has 4 heteroatoms. The molecule has 90 valence electrons. The highest BCUT2D eigenvalue weighted by Crippen LogP contribution is 2.27. The summed E-state index contributed by atoms with van der Waals surface area (Å²) < 4.78 is 13.9. The van der Waals surface area contributed by atoms with E-state index in [9.17, 15) is 4.39 Å². The Labute approximate surface area is 119 Å². The van der Waals surface area contributed by atoms with Crippen LogP contribution in [0, 0.1) is 27.6 Å². The maximum Gasteiger partial charge on any atom is 0.138 e. The van der Waals surface area contributed by atoms with Gasteiger partial charge in [0.05, 0.1) is 20.5 Å². The van der Waals surface area contributed by atoms with E-state index >= 15 is 0 Å². The number of anilines is 2. The van der Waals surface area contributed by atoms with E-state index in [0.29, 0.717) is 20.5 Å². The highest BCUT2D eigenvalue weighted by molar-refractivity contribution is 14.1. The lowest BCUT2D eigenvalue weighted by Crippen LogP contribution is -1.97. The molecule has 0 fully saturated rings. The fraction of sp³-hybridized carbons (Fsp3) is 0.0714. The topological polar surface area (TPSA) is 35.8 Å². The van der Waals surface area contributed by atoms with Crippen LogP contribution in [0.25, 0.3) is 0 Å². The van der Waals surface area contributed by atoms with Crippen molar-refractivity contribution in [3.8, 4) is 6.07 Å². The van der Waals surface area contributed by atoms with E-state index in [0.717, 1.165) is 5.56 Å². The summed E-state index contributed by atoms with van der Waals surface area (Å²) in [5.74, 6) is -0.272. The molecule has 2 aromatic carbocycles. The number of aryl methyl sites for hydroxylation is 1. The molecule has 1 N–H and O–H groups in total. The Morgan fingerprint density at radius 3 is 2.72 bits per heavy atom. The van der Waals surface area contributed by atoms with Gasteiger partial charge < -0.3 is 5.32 Å². The van der Waals surface area contributed by atoms with Crippen molar-refractivity contribution < 1.29 is 4.39 Å². The van der Waals surface area contributed by atoms with Crippen molar-refractivity contribution in [1.82, 2.24) is 0 Å². The lowest BCUT2D eigenvalue weighted by Gasteiger charge is -2.11. The van der Waals surface area contributed by atoms with Gasteiger partial charge >= 0.3 is 0 Å². The summed E-state index contributed by atoms with van der Waals surface area (Å²) >= 11 is 1.94. The minimum absolute atomic E-state index is 0.272. The van der Waals surface area contributed by atoms with Crippen LogP contribution in [-0.2, 0) is 0 Å². The molecule has 0 aromatic heterocycles. The molecule has 0 atom stereocenters. The zero-order valence-electron chi connectivity index (χ0n) is 9.67. The van der Waals surface area contributed by atoms with Gasteiger partial charge in [-0.15, -0.1) is 0 Å². The van der Waals surface area contributed by atoms with Crippen molar-refractivity contribution in [2.75, 3.05) is 5.32 Å². The van der Waals surface area contributed by atoms with Crippen LogP contribution in [-0.4, -0.2) is 0 Å². The standard InChI is InChI=1S/C14H10FIN2/c1-9-5-6-10(8-17)13(7-9)18-12-4-2-3-11(15)14(12)16/h2-7,18H,1H3. The summed E-state index contributed by atoms with van der Waals surface area (Å²) in [5.41, 5.74) is 2.95. The van der Waals surface area contributed by atoms with E-state index in [1.807, 2.05) is 41.6 Å². The van der Waals surface area contributed by atoms with Gasteiger partial charge in [0.25, 0.3) is 0 Å². The minimum Gasteiger partial charge on any atom is -0.353 e. The zero-order valence-corrected chi connectivity index (χ0v) is 11.8. The van der Waals surface area contributed by atoms with E-state index in [4.69, 9.17) is 5.26 Å². The third kappa shape index (κ3) is 2.62. The van der Waals surface area contributed by atoms with E-state index in [-0.39, 0.29) is 5.82 Å². The van der Waals surface area contributed by atoms with Crippen LogP contribution in [0.15, 0.2) is 36.4 Å². The first kappa shape index (κ1) is 12.8. The molecule has 0 bridgehead atoms. The van der Waals surface area contributed by atoms with E-state index in [1.54, 1.807) is 18.2 Å². The number of nitrogens with one attached hydrogen (secondary N) is 1. The lowest BCUT2D eigenvalue weighted by atomic mass is 10.1. The number of hydrogen-bond donors (Lipinski definition) is 1. The van der Waals surface area contributed by atoms with Gasteiger partial charge in [0.2, 0.25) is 0 Å². The largest absolute Gasteiger partial charge is 0.353 e. The summed E-state index contributed by atoms with van der Waals surface area (Å²) in [7, 11) is 0. The fourth-order valence-corrected chi connectivity index (χ4v) is 2.10. The molecule has 0 radical (unpaired) electrons. The summed E-state index contributed by atoms with van der Waals surface area (Å²) in [6.07, 6.45) is 0. The highest BCUT2D eigenvalue weighted by Gasteiger charge is 2.08. The lowest BCUT2D eigenvalue weighted by molar-refractivity contribution is 0.621. The van der Waals surface area contributed by atoms with Crippen molar-refractivity contribution in [2.24, 2.45) is 0 Å². The van der Waals surface area contributed by atoms with Gasteiger partial charge in [-0.3, -0.25) is 0 Å². The van der Waals surface area contributed by atoms with Gasteiger partial charge in [-0.2, -0.15) is 5.26 Å². The molecule has 0 aliphatic heterocycles. The first-order chi connectivity index (χ1) is 8.61. The average molecular weight is 352 g/mol. The van der Waals surface area contributed by atoms with Crippen LogP contribution >= 0.6 is 22.6 Å². The van der Waals surface area contributed by atoms with Crippen LogP contribution in [0.1, 0.15) is 11.1 Å². The summed E-state index contributed by atoms with van der Waals surface area (Å²) in [6, 6.07) is 12.5. The van der Waals surface area contributed by atoms with Crippen LogP contribution in [0.2, 0.25) is 0 Å². The smallest absolute Gasteiger partial charge is 0.138 e. The molecule has 2 aromatic rings. The molecule has 0 spiro atoms. The molecule has 0 heterocycles. The number of rotatable bonds is 2. The van der Waals surface area contributed by atoms with E-state index in [2.05, 4.69) is 11.4 Å². The maximum absolute atomic E-state index is 13.4. The Balaban J connectivity index is 2.43. The Hall–Kier alpha value is -1.61. The second-order valence-electron chi connectivity index (χ2n) is 3.89. The Morgan fingerprint density at radius 1 is 1.22 bits per heavy atom. The highest BCUT2D eigenvalue weighted by atomic mass is 127. The number of nitriles is 1. The van der Waals surface area contributed by atoms with E-state index < -0.39 is 0 Å². The number of benzene rings is 2. The van der Waals surface area contributed by atoms with Crippen LogP contribution in [0.3, 0.4) is 0 Å². The molecule has 0 saturated carbocycles. The normalized spacial score (nSPS) is 9.89. The van der Waals surface area contributed by atoms with Gasteiger partial charge in [0.15, 0.2) is 0 Å². The Bertz CT molecular complexity index is 632. The maximum atomic E-state index is 13.4. The van der Waals surface area contributed by atoms with E-state index in [1.165, 1.54) is 6.07 Å². The third-order valence-corrected chi connectivity index (χ3v) is 3.61. The molecule has 0 saturated heterocycles. The summed E-state index contributed by atoms with van der Waals surface area (Å²) in [4.78, 5) is 0. The van der Waals surface area contributed by atoms with Crippen molar-refractivity contribution >= 4 is 34.0 Å². The second kappa shape index (κ2) is 5.36. The molecular formula is C14H10FIN2. The molecular weight excluding hydrogens is 342 g/mol. The number of hydrogen-bond acceptors (Lipinski definition) is 2. The first-order valence-electron chi connectivity index (χ1n) is 5.33. The SMILES string of the molecule is Cc1ccc(C#N)c(Nc2cccc(F)c2I)c1. The monoisotopic (exact) mass is 352 g/mol. The molecule has 0 aliphatic carbocycles. The van der Waals surface area contributed by atoms with Crippen molar-refractivity contribution in [3.05, 3.63) is 56.9 Å². The van der Waals surface area contributed by atoms with Gasteiger partial charge in [0, 0.05) is 0 Å². The minimum atomic E-state index is -0.272. The Kier molecular flexibility index (Phi) is 3.82. The Morgan fingerprint density at radius 2 is 2.00 bits per heavy atom. The van der Waals surface area contributed by atoms with Crippen molar-refractivity contribution in [1.29, 1.82) is 5.26 Å². The molecule has 18 heavy (non-hydrogen) atoms. The van der Waals surface area contributed by atoms with Gasteiger partial charge in [0.1, 0.15) is 11.9 Å².